The van der Waals surface area contributed by atoms with Crippen LogP contribution < -0.4 is 10.1 Å². The van der Waals surface area contributed by atoms with Gasteiger partial charge >= 0.3 is 5.97 Å². The number of carboxylic acid groups (broad SMARTS) is 1. The molecule has 0 atom stereocenters. The molecule has 0 unspecified atom stereocenters. The first-order chi connectivity index (χ1) is 9.97. The van der Waals surface area contributed by atoms with Crippen molar-refractivity contribution in [2.24, 2.45) is 5.41 Å². The highest BCUT2D eigenvalue weighted by molar-refractivity contribution is 5.80. The number of benzene rings is 1. The highest BCUT2D eigenvalue weighted by Gasteiger charge is 2.35. The van der Waals surface area contributed by atoms with Crippen molar-refractivity contribution in [3.05, 3.63) is 29.8 Å². The first-order valence-corrected chi connectivity index (χ1v) is 7.10. The number of amides is 1. The molecule has 0 aromatic heterocycles. The standard InChI is InChI=1S/C16H23NO4/c1-4-16(5-2,15(19)20)11-17-14(18)10-12-7-6-8-13(9-12)21-3/h6-9H,4-5,10-11H2,1-3H3,(H,17,18)(H,19,20). The van der Waals surface area contributed by atoms with Gasteiger partial charge in [-0.25, -0.2) is 0 Å². The molecule has 0 aliphatic rings. The summed E-state index contributed by atoms with van der Waals surface area (Å²) in [5, 5.41) is 12.1. The van der Waals surface area contributed by atoms with Crippen LogP contribution in [0.4, 0.5) is 0 Å². The summed E-state index contributed by atoms with van der Waals surface area (Å²) in [5.41, 5.74) is -0.0508. The third-order valence-corrected chi connectivity index (χ3v) is 3.93. The lowest BCUT2D eigenvalue weighted by Gasteiger charge is -2.26. The summed E-state index contributed by atoms with van der Waals surface area (Å²) < 4.78 is 5.11. The maximum absolute atomic E-state index is 12.0. The normalized spacial score (nSPS) is 11.0. The van der Waals surface area contributed by atoms with Crippen molar-refractivity contribution >= 4 is 11.9 Å². The van der Waals surface area contributed by atoms with Crippen molar-refractivity contribution in [3.63, 3.8) is 0 Å². The predicted molar refractivity (Wildman–Crippen MR) is 80.4 cm³/mol. The average molecular weight is 293 g/mol. The number of carbonyl (C=O) groups is 2. The molecule has 0 saturated carbocycles. The van der Waals surface area contributed by atoms with Gasteiger partial charge < -0.3 is 15.2 Å². The van der Waals surface area contributed by atoms with E-state index in [1.54, 1.807) is 13.2 Å². The van der Waals surface area contributed by atoms with Crippen LogP contribution in [0, 0.1) is 5.41 Å². The lowest BCUT2D eigenvalue weighted by atomic mass is 9.82. The molecule has 0 radical (unpaired) electrons. The summed E-state index contributed by atoms with van der Waals surface area (Å²) in [6.07, 6.45) is 1.18. The minimum atomic E-state index is -0.885. The van der Waals surface area contributed by atoms with Crippen molar-refractivity contribution in [2.75, 3.05) is 13.7 Å². The first kappa shape index (κ1) is 17.0. The summed E-state index contributed by atoms with van der Waals surface area (Å²) in [6.45, 7) is 3.80. The second-order valence-electron chi connectivity index (χ2n) is 5.10. The molecule has 1 aromatic rings. The maximum Gasteiger partial charge on any atom is 0.311 e. The predicted octanol–water partition coefficient (Wildman–Crippen LogP) is 2.24. The number of carboxylic acids is 1. The number of methoxy groups -OCH3 is 1. The molecule has 1 rings (SSSR count). The number of aliphatic carboxylic acids is 1. The SMILES string of the molecule is CCC(CC)(CNC(=O)Cc1cccc(OC)c1)C(=O)O. The van der Waals surface area contributed by atoms with E-state index in [2.05, 4.69) is 5.32 Å². The molecular weight excluding hydrogens is 270 g/mol. The van der Waals surface area contributed by atoms with Crippen LogP contribution in [0.1, 0.15) is 32.3 Å². The van der Waals surface area contributed by atoms with Gasteiger partial charge in [0.25, 0.3) is 0 Å². The molecule has 0 saturated heterocycles. The lowest BCUT2D eigenvalue weighted by Crippen LogP contribution is -2.42. The molecule has 5 heteroatoms. The van der Waals surface area contributed by atoms with E-state index in [0.717, 1.165) is 5.56 Å². The number of hydrogen-bond acceptors (Lipinski definition) is 3. The lowest BCUT2D eigenvalue weighted by molar-refractivity contribution is -0.149. The van der Waals surface area contributed by atoms with E-state index in [9.17, 15) is 14.7 Å². The van der Waals surface area contributed by atoms with Gasteiger partial charge in [0.05, 0.1) is 18.9 Å². The van der Waals surface area contributed by atoms with Crippen LogP contribution in [0.25, 0.3) is 0 Å². The zero-order chi connectivity index (χ0) is 15.9. The van der Waals surface area contributed by atoms with Crippen LogP contribution in [-0.2, 0) is 16.0 Å². The Bertz CT molecular complexity index is 495. The van der Waals surface area contributed by atoms with Crippen LogP contribution in [0.2, 0.25) is 0 Å². The summed E-state index contributed by atoms with van der Waals surface area (Å²) in [5.74, 6) is -0.354. The summed E-state index contributed by atoms with van der Waals surface area (Å²) in [7, 11) is 1.57. The van der Waals surface area contributed by atoms with Gasteiger partial charge in [-0.05, 0) is 30.5 Å². The van der Waals surface area contributed by atoms with Crippen molar-refractivity contribution in [2.45, 2.75) is 33.1 Å². The Labute approximate surface area is 125 Å². The van der Waals surface area contributed by atoms with Crippen molar-refractivity contribution in [1.82, 2.24) is 5.32 Å². The number of hydrogen-bond donors (Lipinski definition) is 2. The average Bonchev–Trinajstić information content (AvgIpc) is 2.48. The number of rotatable bonds is 8. The molecular formula is C16H23NO4. The summed E-state index contributed by atoms with van der Waals surface area (Å²) in [6, 6.07) is 7.27. The number of carbonyl (C=O) groups excluding carboxylic acids is 1. The molecule has 5 nitrogen and oxygen atoms in total. The fraction of sp³-hybridized carbons (Fsp3) is 0.500. The van der Waals surface area contributed by atoms with Crippen LogP contribution in [0.3, 0.4) is 0 Å². The fourth-order valence-electron chi connectivity index (χ4n) is 2.18. The molecule has 116 valence electrons. The Morgan fingerprint density at radius 2 is 1.95 bits per heavy atom. The van der Waals surface area contributed by atoms with Crippen LogP contribution >= 0.6 is 0 Å². The van der Waals surface area contributed by atoms with Crippen molar-refractivity contribution < 1.29 is 19.4 Å². The van der Waals surface area contributed by atoms with Gasteiger partial charge in [0.15, 0.2) is 0 Å². The highest BCUT2D eigenvalue weighted by atomic mass is 16.5. The molecule has 21 heavy (non-hydrogen) atoms. The molecule has 0 heterocycles. The Hall–Kier alpha value is -2.04. The Kier molecular flexibility index (Phi) is 6.21. The number of ether oxygens (including phenoxy) is 1. The number of nitrogens with one attached hydrogen (secondary N) is 1. The summed E-state index contributed by atoms with van der Waals surface area (Å²) in [4.78, 5) is 23.3. The minimum absolute atomic E-state index is 0.151. The quantitative estimate of drug-likeness (QED) is 0.771. The van der Waals surface area contributed by atoms with E-state index in [1.807, 2.05) is 32.0 Å². The monoisotopic (exact) mass is 293 g/mol. The molecule has 0 aliphatic carbocycles. The second-order valence-corrected chi connectivity index (χ2v) is 5.10. The maximum atomic E-state index is 12.0. The van der Waals surface area contributed by atoms with Gasteiger partial charge in [-0.3, -0.25) is 9.59 Å². The zero-order valence-electron chi connectivity index (χ0n) is 12.8. The van der Waals surface area contributed by atoms with Crippen LogP contribution in [-0.4, -0.2) is 30.6 Å². The van der Waals surface area contributed by atoms with Gasteiger partial charge in [-0.15, -0.1) is 0 Å². The zero-order valence-corrected chi connectivity index (χ0v) is 12.8. The molecule has 0 bridgehead atoms. The molecule has 0 fully saturated rings. The van der Waals surface area contributed by atoms with E-state index in [0.29, 0.717) is 18.6 Å². The smallest absolute Gasteiger partial charge is 0.311 e. The fourth-order valence-corrected chi connectivity index (χ4v) is 2.18. The Morgan fingerprint density at radius 1 is 1.29 bits per heavy atom. The van der Waals surface area contributed by atoms with Crippen molar-refractivity contribution in [3.8, 4) is 5.75 Å². The second kappa shape index (κ2) is 7.67. The van der Waals surface area contributed by atoms with Gasteiger partial charge in [0.2, 0.25) is 5.91 Å². The Balaban J connectivity index is 2.63. The van der Waals surface area contributed by atoms with Gasteiger partial charge in [-0.2, -0.15) is 0 Å². The largest absolute Gasteiger partial charge is 0.497 e. The van der Waals surface area contributed by atoms with Gasteiger partial charge in [0.1, 0.15) is 5.75 Å². The van der Waals surface area contributed by atoms with Crippen LogP contribution in [0.5, 0.6) is 5.75 Å². The molecule has 1 amide bonds. The molecule has 1 aromatic carbocycles. The topological polar surface area (TPSA) is 75.6 Å². The van der Waals surface area contributed by atoms with E-state index in [1.165, 1.54) is 0 Å². The molecule has 2 N–H and O–H groups in total. The van der Waals surface area contributed by atoms with Crippen LogP contribution in [0.15, 0.2) is 24.3 Å². The van der Waals surface area contributed by atoms with E-state index < -0.39 is 11.4 Å². The first-order valence-electron chi connectivity index (χ1n) is 7.10. The highest BCUT2D eigenvalue weighted by Crippen LogP contribution is 2.25. The van der Waals surface area contributed by atoms with Gasteiger partial charge in [0, 0.05) is 6.54 Å². The van der Waals surface area contributed by atoms with E-state index in [-0.39, 0.29) is 18.9 Å². The summed E-state index contributed by atoms with van der Waals surface area (Å²) >= 11 is 0. The van der Waals surface area contributed by atoms with E-state index >= 15 is 0 Å². The third-order valence-electron chi connectivity index (χ3n) is 3.93. The van der Waals surface area contributed by atoms with Gasteiger partial charge in [-0.1, -0.05) is 26.0 Å². The minimum Gasteiger partial charge on any atom is -0.497 e. The van der Waals surface area contributed by atoms with Crippen molar-refractivity contribution in [1.29, 1.82) is 0 Å². The molecule has 0 spiro atoms. The molecule has 0 aliphatic heterocycles. The Morgan fingerprint density at radius 3 is 2.48 bits per heavy atom. The van der Waals surface area contributed by atoms with E-state index in [4.69, 9.17) is 4.74 Å². The third kappa shape index (κ3) is 4.48.